The molecule has 2 rings (SSSR count). The summed E-state index contributed by atoms with van der Waals surface area (Å²) in [5, 5.41) is 10.1. The van der Waals surface area contributed by atoms with E-state index in [9.17, 15) is 9.90 Å². The van der Waals surface area contributed by atoms with E-state index in [1.54, 1.807) is 24.3 Å². The Morgan fingerprint density at radius 2 is 2.21 bits per heavy atom. The molecule has 0 aliphatic carbocycles. The molecule has 0 aliphatic heterocycles. The third-order valence-electron chi connectivity index (χ3n) is 1.97. The lowest BCUT2D eigenvalue weighted by molar-refractivity contribution is 0.1000. The van der Waals surface area contributed by atoms with Crippen molar-refractivity contribution in [2.75, 3.05) is 0 Å². The van der Waals surface area contributed by atoms with Crippen LogP contribution in [0, 0.1) is 0 Å². The molecule has 1 aromatic heterocycles. The zero-order chi connectivity index (χ0) is 10.1. The van der Waals surface area contributed by atoms with E-state index in [0.717, 1.165) is 0 Å². The van der Waals surface area contributed by atoms with Crippen molar-refractivity contribution in [2.45, 2.75) is 0 Å². The number of rotatable bonds is 1. The average molecular weight is 188 g/mol. The number of nitrogens with two attached hydrogens (primary N) is 1. The number of phenolic OH excluding ortho intramolecular Hbond substituents is 1. The smallest absolute Gasteiger partial charge is 0.250 e. The van der Waals surface area contributed by atoms with Crippen molar-refractivity contribution in [2.24, 2.45) is 5.73 Å². The lowest BCUT2D eigenvalue weighted by atomic mass is 10.1. The van der Waals surface area contributed by atoms with Gasteiger partial charge in [-0.15, -0.1) is 0 Å². The number of aromatic nitrogens is 1. The van der Waals surface area contributed by atoms with Gasteiger partial charge in [-0.25, -0.2) is 0 Å². The minimum absolute atomic E-state index is 0.0959. The molecular formula is C10H8N2O2. The van der Waals surface area contributed by atoms with Gasteiger partial charge in [-0.2, -0.15) is 0 Å². The summed E-state index contributed by atoms with van der Waals surface area (Å²) in [6.45, 7) is 0. The molecule has 2 aromatic rings. The van der Waals surface area contributed by atoms with Crippen LogP contribution < -0.4 is 5.73 Å². The van der Waals surface area contributed by atoms with Gasteiger partial charge in [-0.3, -0.25) is 9.78 Å². The van der Waals surface area contributed by atoms with Gasteiger partial charge in [-0.1, -0.05) is 12.1 Å². The first kappa shape index (κ1) is 8.50. The van der Waals surface area contributed by atoms with Crippen molar-refractivity contribution >= 4 is 16.8 Å². The van der Waals surface area contributed by atoms with Crippen LogP contribution in [0.3, 0.4) is 0 Å². The van der Waals surface area contributed by atoms with Gasteiger partial charge in [-0.05, 0) is 12.1 Å². The van der Waals surface area contributed by atoms with E-state index >= 15 is 0 Å². The average Bonchev–Trinajstić information content (AvgIpc) is 2.17. The second-order valence-corrected chi connectivity index (χ2v) is 2.94. The highest BCUT2D eigenvalue weighted by Crippen LogP contribution is 2.22. The van der Waals surface area contributed by atoms with Crippen LogP contribution in [-0.4, -0.2) is 16.0 Å². The fourth-order valence-corrected chi connectivity index (χ4v) is 1.28. The number of fused-ring (bicyclic) bond motifs is 1. The van der Waals surface area contributed by atoms with E-state index in [4.69, 9.17) is 5.73 Å². The summed E-state index contributed by atoms with van der Waals surface area (Å²) in [7, 11) is 0. The molecule has 14 heavy (non-hydrogen) atoms. The van der Waals surface area contributed by atoms with Crippen LogP contribution in [-0.2, 0) is 0 Å². The fraction of sp³-hybridized carbons (Fsp3) is 0. The molecule has 4 nitrogen and oxygen atoms in total. The number of nitrogens with zero attached hydrogens (tertiary/aromatic N) is 1. The number of hydrogen-bond donors (Lipinski definition) is 2. The summed E-state index contributed by atoms with van der Waals surface area (Å²) < 4.78 is 0. The molecule has 0 atom stereocenters. The molecule has 3 N–H and O–H groups in total. The van der Waals surface area contributed by atoms with Crippen molar-refractivity contribution < 1.29 is 9.90 Å². The van der Waals surface area contributed by atoms with Gasteiger partial charge in [0.05, 0.1) is 5.56 Å². The summed E-state index contributed by atoms with van der Waals surface area (Å²) in [5.74, 6) is -0.429. The molecule has 0 bridgehead atoms. The van der Waals surface area contributed by atoms with Crippen LogP contribution in [0.1, 0.15) is 10.4 Å². The third-order valence-corrected chi connectivity index (χ3v) is 1.97. The SMILES string of the molecule is NC(=O)c1cnc2c(O)cccc2c1. The first-order chi connectivity index (χ1) is 6.68. The Morgan fingerprint density at radius 3 is 2.93 bits per heavy atom. The largest absolute Gasteiger partial charge is 0.506 e. The summed E-state index contributed by atoms with van der Waals surface area (Å²) in [6.07, 6.45) is 1.35. The number of carbonyl (C=O) groups is 1. The highest BCUT2D eigenvalue weighted by Gasteiger charge is 2.04. The fourth-order valence-electron chi connectivity index (χ4n) is 1.28. The maximum atomic E-state index is 10.8. The third kappa shape index (κ3) is 1.26. The number of pyridine rings is 1. The highest BCUT2D eigenvalue weighted by atomic mass is 16.3. The van der Waals surface area contributed by atoms with Gasteiger partial charge in [0.15, 0.2) is 0 Å². The lowest BCUT2D eigenvalue weighted by Crippen LogP contribution is -2.10. The van der Waals surface area contributed by atoms with Crippen LogP contribution in [0.4, 0.5) is 0 Å². The molecule has 0 fully saturated rings. The number of phenols is 1. The Labute approximate surface area is 80.0 Å². The predicted octanol–water partition coefficient (Wildman–Crippen LogP) is 1.04. The highest BCUT2D eigenvalue weighted by molar-refractivity contribution is 5.97. The van der Waals surface area contributed by atoms with Crippen LogP contribution >= 0.6 is 0 Å². The van der Waals surface area contributed by atoms with Crippen molar-refractivity contribution in [3.8, 4) is 5.75 Å². The molecule has 0 radical (unpaired) electrons. The molecule has 70 valence electrons. The second kappa shape index (κ2) is 2.99. The summed E-state index contributed by atoms with van der Waals surface area (Å²) in [4.78, 5) is 14.8. The van der Waals surface area contributed by atoms with Gasteiger partial charge in [0, 0.05) is 11.6 Å². The van der Waals surface area contributed by atoms with Gasteiger partial charge in [0.2, 0.25) is 5.91 Å². The summed E-state index contributed by atoms with van der Waals surface area (Å²) in [5.41, 5.74) is 5.91. The first-order valence-corrected chi connectivity index (χ1v) is 4.06. The number of carbonyl (C=O) groups excluding carboxylic acids is 1. The Morgan fingerprint density at radius 1 is 1.43 bits per heavy atom. The summed E-state index contributed by atoms with van der Waals surface area (Å²) in [6, 6.07) is 6.59. The topological polar surface area (TPSA) is 76.2 Å². The quantitative estimate of drug-likeness (QED) is 0.701. The molecule has 0 spiro atoms. The number of primary amides is 1. The van der Waals surface area contributed by atoms with Gasteiger partial charge in [0.25, 0.3) is 0 Å². The molecule has 0 saturated carbocycles. The van der Waals surface area contributed by atoms with Crippen LogP contribution in [0.25, 0.3) is 10.9 Å². The van der Waals surface area contributed by atoms with Gasteiger partial charge in [0.1, 0.15) is 11.3 Å². The Balaban J connectivity index is 2.73. The second-order valence-electron chi connectivity index (χ2n) is 2.94. The minimum Gasteiger partial charge on any atom is -0.506 e. The monoisotopic (exact) mass is 188 g/mol. The number of hydrogen-bond acceptors (Lipinski definition) is 3. The van der Waals surface area contributed by atoms with Crippen molar-refractivity contribution in [1.82, 2.24) is 4.98 Å². The molecule has 1 amide bonds. The Hall–Kier alpha value is -2.10. The molecule has 0 saturated heterocycles. The molecule has 1 aromatic carbocycles. The number of para-hydroxylation sites is 1. The van der Waals surface area contributed by atoms with Crippen LogP contribution in [0.15, 0.2) is 30.5 Å². The number of aromatic hydroxyl groups is 1. The first-order valence-electron chi connectivity index (χ1n) is 4.06. The minimum atomic E-state index is -0.525. The zero-order valence-electron chi connectivity index (χ0n) is 7.27. The Bertz CT molecular complexity index is 508. The molecule has 0 aliphatic rings. The van der Waals surface area contributed by atoms with Crippen LogP contribution in [0.5, 0.6) is 5.75 Å². The standard InChI is InChI=1S/C10H8N2O2/c11-10(14)7-4-6-2-1-3-8(13)9(6)12-5-7/h1-5,13H,(H2,11,14). The lowest BCUT2D eigenvalue weighted by Gasteiger charge is -2.00. The van der Waals surface area contributed by atoms with E-state index in [-0.39, 0.29) is 5.75 Å². The molecular weight excluding hydrogens is 180 g/mol. The summed E-state index contributed by atoms with van der Waals surface area (Å²) >= 11 is 0. The van der Waals surface area contributed by atoms with E-state index in [0.29, 0.717) is 16.5 Å². The van der Waals surface area contributed by atoms with E-state index < -0.39 is 5.91 Å². The van der Waals surface area contributed by atoms with Crippen molar-refractivity contribution in [3.63, 3.8) is 0 Å². The number of benzene rings is 1. The van der Waals surface area contributed by atoms with E-state index in [1.165, 1.54) is 6.20 Å². The zero-order valence-corrected chi connectivity index (χ0v) is 7.27. The van der Waals surface area contributed by atoms with Crippen molar-refractivity contribution in [3.05, 3.63) is 36.0 Å². The van der Waals surface area contributed by atoms with E-state index in [1.807, 2.05) is 0 Å². The van der Waals surface area contributed by atoms with Crippen molar-refractivity contribution in [1.29, 1.82) is 0 Å². The van der Waals surface area contributed by atoms with Gasteiger partial charge >= 0.3 is 0 Å². The maximum Gasteiger partial charge on any atom is 0.250 e. The number of amides is 1. The maximum absolute atomic E-state index is 10.8. The van der Waals surface area contributed by atoms with Gasteiger partial charge < -0.3 is 10.8 Å². The Kier molecular flexibility index (Phi) is 1.81. The molecule has 0 unspecified atom stereocenters. The molecule has 4 heteroatoms. The van der Waals surface area contributed by atoms with Crippen LogP contribution in [0.2, 0.25) is 0 Å². The molecule has 1 heterocycles. The predicted molar refractivity (Wildman–Crippen MR) is 51.9 cm³/mol. The normalized spacial score (nSPS) is 10.3. The van der Waals surface area contributed by atoms with E-state index in [2.05, 4.69) is 4.98 Å².